The van der Waals surface area contributed by atoms with E-state index >= 15 is 0 Å². The van der Waals surface area contributed by atoms with Crippen LogP contribution in [0.25, 0.3) is 0 Å². The molecule has 0 saturated carbocycles. The molecule has 3 rings (SSSR count). The first-order valence-corrected chi connectivity index (χ1v) is 8.02. The molecule has 0 bridgehead atoms. The van der Waals surface area contributed by atoms with Crippen LogP contribution in [0, 0.1) is 0 Å². The third-order valence-electron chi connectivity index (χ3n) is 4.77. The molecule has 1 aromatic heterocycles. The average molecular weight is 342 g/mol. The van der Waals surface area contributed by atoms with Crippen molar-refractivity contribution in [3.05, 3.63) is 23.4 Å². The first kappa shape index (κ1) is 17.0. The van der Waals surface area contributed by atoms with E-state index in [-0.39, 0.29) is 11.6 Å². The zero-order valence-electron chi connectivity index (χ0n) is 14.0. The van der Waals surface area contributed by atoms with Crippen LogP contribution in [-0.2, 0) is 6.18 Å². The Morgan fingerprint density at radius 3 is 2.58 bits per heavy atom. The lowest BCUT2D eigenvalue weighted by atomic mass is 10.1. The van der Waals surface area contributed by atoms with Gasteiger partial charge in [0, 0.05) is 45.5 Å². The molecular weight excluding hydrogens is 321 g/mol. The fourth-order valence-electron chi connectivity index (χ4n) is 3.39. The van der Waals surface area contributed by atoms with Crippen molar-refractivity contribution in [2.24, 2.45) is 0 Å². The van der Waals surface area contributed by atoms with Crippen LogP contribution < -0.4 is 4.90 Å². The molecule has 3 heterocycles. The highest BCUT2D eigenvalue weighted by Gasteiger charge is 2.39. The van der Waals surface area contributed by atoms with Gasteiger partial charge in [-0.05, 0) is 19.9 Å². The number of pyridine rings is 1. The van der Waals surface area contributed by atoms with Gasteiger partial charge in [0.1, 0.15) is 5.82 Å². The van der Waals surface area contributed by atoms with Crippen LogP contribution >= 0.6 is 0 Å². The Balaban J connectivity index is 2.01. The largest absolute Gasteiger partial charge is 0.417 e. The van der Waals surface area contributed by atoms with Crippen LogP contribution in [0.5, 0.6) is 0 Å². The number of halogens is 3. The molecule has 0 aliphatic carbocycles. The van der Waals surface area contributed by atoms with Crippen molar-refractivity contribution in [3.63, 3.8) is 0 Å². The predicted octanol–water partition coefficient (Wildman–Crippen LogP) is 2.08. The van der Waals surface area contributed by atoms with E-state index in [1.807, 2.05) is 4.90 Å². The second-order valence-corrected chi connectivity index (χ2v) is 6.71. The minimum absolute atomic E-state index is 0.0283. The summed E-state index contributed by atoms with van der Waals surface area (Å²) in [5, 5.41) is 0. The van der Waals surface area contributed by atoms with E-state index in [0.717, 1.165) is 25.4 Å². The normalized spacial score (nSPS) is 22.5. The molecule has 0 unspecified atom stereocenters. The quantitative estimate of drug-likeness (QED) is 0.783. The summed E-state index contributed by atoms with van der Waals surface area (Å²) in [5.41, 5.74) is -0.852. The van der Waals surface area contributed by atoms with E-state index in [0.29, 0.717) is 24.9 Å². The van der Waals surface area contributed by atoms with Gasteiger partial charge in [-0.15, -0.1) is 0 Å². The third-order valence-corrected chi connectivity index (χ3v) is 4.77. The number of anilines is 1. The second kappa shape index (κ2) is 5.91. The van der Waals surface area contributed by atoms with Gasteiger partial charge < -0.3 is 9.80 Å². The minimum atomic E-state index is -4.51. The van der Waals surface area contributed by atoms with Crippen LogP contribution in [0.3, 0.4) is 0 Å². The van der Waals surface area contributed by atoms with Crippen LogP contribution in [0.15, 0.2) is 12.3 Å². The van der Waals surface area contributed by atoms with Crippen LogP contribution in [-0.4, -0.2) is 66.0 Å². The highest BCUT2D eigenvalue weighted by Crippen LogP contribution is 2.34. The molecule has 2 aliphatic rings. The second-order valence-electron chi connectivity index (χ2n) is 6.71. The molecule has 1 fully saturated rings. The average Bonchev–Trinajstić information content (AvgIpc) is 2.61. The summed E-state index contributed by atoms with van der Waals surface area (Å²) >= 11 is 0. The molecule has 8 heteroatoms. The lowest BCUT2D eigenvalue weighted by Crippen LogP contribution is -2.57. The summed E-state index contributed by atoms with van der Waals surface area (Å²) in [6, 6.07) is 1.34. The van der Waals surface area contributed by atoms with Gasteiger partial charge in [-0.25, -0.2) is 4.98 Å². The molecule has 0 N–H and O–H groups in total. The Labute approximate surface area is 139 Å². The van der Waals surface area contributed by atoms with E-state index in [1.165, 1.54) is 4.90 Å². The topological polar surface area (TPSA) is 39.7 Å². The number of fused-ring (bicyclic) bond motifs is 3. The zero-order valence-corrected chi connectivity index (χ0v) is 14.0. The molecule has 1 saturated heterocycles. The molecule has 5 nitrogen and oxygen atoms in total. The SMILES string of the molecule is CC(C)N1CCN2c3ncc(C(F)(F)F)cc3C(=O)N(C)C[C@H]2C1. The van der Waals surface area contributed by atoms with Gasteiger partial charge >= 0.3 is 6.18 Å². The zero-order chi connectivity index (χ0) is 17.6. The highest BCUT2D eigenvalue weighted by molar-refractivity contribution is 5.99. The van der Waals surface area contributed by atoms with Crippen molar-refractivity contribution in [2.75, 3.05) is 38.1 Å². The summed E-state index contributed by atoms with van der Waals surface area (Å²) in [7, 11) is 1.63. The van der Waals surface area contributed by atoms with E-state index < -0.39 is 17.6 Å². The lowest BCUT2D eigenvalue weighted by Gasteiger charge is -2.43. The summed E-state index contributed by atoms with van der Waals surface area (Å²) in [4.78, 5) is 22.4. The Kier molecular flexibility index (Phi) is 4.19. The fourth-order valence-corrected chi connectivity index (χ4v) is 3.39. The van der Waals surface area contributed by atoms with Gasteiger partial charge in [0.15, 0.2) is 0 Å². The molecule has 24 heavy (non-hydrogen) atoms. The van der Waals surface area contributed by atoms with E-state index in [2.05, 4.69) is 23.7 Å². The Bertz CT molecular complexity index is 647. The molecule has 0 radical (unpaired) electrons. The maximum absolute atomic E-state index is 13.0. The number of carbonyl (C=O) groups excluding carboxylic acids is 1. The number of carbonyl (C=O) groups is 1. The Morgan fingerprint density at radius 2 is 1.96 bits per heavy atom. The summed E-state index contributed by atoms with van der Waals surface area (Å²) in [5.74, 6) is -0.0418. The smallest absolute Gasteiger partial charge is 0.349 e. The molecule has 1 atom stereocenters. The molecule has 132 valence electrons. The van der Waals surface area contributed by atoms with Crippen molar-refractivity contribution in [2.45, 2.75) is 32.1 Å². The molecule has 0 spiro atoms. The van der Waals surface area contributed by atoms with Crippen molar-refractivity contribution >= 4 is 11.7 Å². The summed E-state index contributed by atoms with van der Waals surface area (Å²) < 4.78 is 38.9. The van der Waals surface area contributed by atoms with Crippen molar-refractivity contribution in [1.29, 1.82) is 0 Å². The van der Waals surface area contributed by atoms with Gasteiger partial charge in [-0.2, -0.15) is 13.2 Å². The number of alkyl halides is 3. The number of aromatic nitrogens is 1. The number of rotatable bonds is 1. The number of hydrogen-bond donors (Lipinski definition) is 0. The van der Waals surface area contributed by atoms with E-state index in [1.54, 1.807) is 7.05 Å². The Morgan fingerprint density at radius 1 is 1.25 bits per heavy atom. The molecule has 1 aromatic rings. The highest BCUT2D eigenvalue weighted by atomic mass is 19.4. The summed E-state index contributed by atoms with van der Waals surface area (Å²) in [6.07, 6.45) is -3.69. The van der Waals surface area contributed by atoms with Gasteiger partial charge in [0.2, 0.25) is 0 Å². The third kappa shape index (κ3) is 2.94. The first-order valence-electron chi connectivity index (χ1n) is 8.02. The van der Waals surface area contributed by atoms with Crippen LogP contribution in [0.1, 0.15) is 29.8 Å². The van der Waals surface area contributed by atoms with Gasteiger partial charge in [-0.1, -0.05) is 0 Å². The number of nitrogens with zero attached hydrogens (tertiary/aromatic N) is 4. The molecule has 1 amide bonds. The Hall–Kier alpha value is -1.83. The van der Waals surface area contributed by atoms with E-state index in [4.69, 9.17) is 0 Å². The van der Waals surface area contributed by atoms with Gasteiger partial charge in [0.05, 0.1) is 17.2 Å². The maximum atomic E-state index is 13.0. The van der Waals surface area contributed by atoms with Gasteiger partial charge in [0.25, 0.3) is 5.91 Å². The standard InChI is InChI=1S/C16H21F3N4O/c1-10(2)22-4-5-23-12(9-22)8-21(3)15(24)13-6-11(16(17,18)19)7-20-14(13)23/h6-7,10,12H,4-5,8-9H2,1-3H3/t12-/m0/s1. The van der Waals surface area contributed by atoms with Crippen molar-refractivity contribution in [3.8, 4) is 0 Å². The molecular formula is C16H21F3N4O. The first-order chi connectivity index (χ1) is 11.2. The number of likely N-dealkylation sites (N-methyl/N-ethyl adjacent to an activating group) is 1. The van der Waals surface area contributed by atoms with Crippen molar-refractivity contribution < 1.29 is 18.0 Å². The summed E-state index contributed by atoms with van der Waals surface area (Å²) in [6.45, 7) is 6.91. The lowest BCUT2D eigenvalue weighted by molar-refractivity contribution is -0.137. The number of hydrogen-bond acceptors (Lipinski definition) is 4. The number of piperazine rings is 1. The van der Waals surface area contributed by atoms with Crippen LogP contribution in [0.2, 0.25) is 0 Å². The molecule has 0 aromatic carbocycles. The number of amides is 1. The van der Waals surface area contributed by atoms with Gasteiger partial charge in [-0.3, -0.25) is 9.69 Å². The van der Waals surface area contributed by atoms with Crippen LogP contribution in [0.4, 0.5) is 19.0 Å². The van der Waals surface area contributed by atoms with E-state index in [9.17, 15) is 18.0 Å². The minimum Gasteiger partial charge on any atom is -0.349 e. The monoisotopic (exact) mass is 342 g/mol. The maximum Gasteiger partial charge on any atom is 0.417 e. The predicted molar refractivity (Wildman–Crippen MR) is 84.0 cm³/mol. The van der Waals surface area contributed by atoms with Crippen molar-refractivity contribution in [1.82, 2.24) is 14.8 Å². The fraction of sp³-hybridized carbons (Fsp3) is 0.625. The molecule has 2 aliphatic heterocycles.